The van der Waals surface area contributed by atoms with Crippen molar-refractivity contribution in [3.8, 4) is 11.8 Å². The molecule has 1 amide bonds. The molecule has 3 aromatic carbocycles. The topological polar surface area (TPSA) is 105 Å². The molecule has 0 saturated carbocycles. The first-order valence-electron chi connectivity index (χ1n) is 10.7. The van der Waals surface area contributed by atoms with Crippen molar-refractivity contribution in [2.45, 2.75) is 0 Å². The van der Waals surface area contributed by atoms with Crippen molar-refractivity contribution in [3.05, 3.63) is 71.8 Å². The highest BCUT2D eigenvalue weighted by molar-refractivity contribution is 6.08. The fraction of sp³-hybridized carbons (Fsp3) is 0.148. The molecule has 0 spiro atoms. The van der Waals surface area contributed by atoms with Gasteiger partial charge in [-0.05, 0) is 35.9 Å². The third-order valence-electron chi connectivity index (χ3n) is 5.37. The summed E-state index contributed by atoms with van der Waals surface area (Å²) in [5.41, 5.74) is 3.10. The minimum Gasteiger partial charge on any atom is -0.495 e. The maximum absolute atomic E-state index is 12.5. The number of nitrogens with zero attached hydrogens (tertiary/aromatic N) is 2. The van der Waals surface area contributed by atoms with Crippen LogP contribution in [0, 0.1) is 11.3 Å². The molecule has 35 heavy (non-hydrogen) atoms. The van der Waals surface area contributed by atoms with Crippen LogP contribution in [0.1, 0.15) is 5.56 Å². The number of ether oxygens (including phenoxy) is 2. The Kier molecular flexibility index (Phi) is 6.69. The van der Waals surface area contributed by atoms with Crippen molar-refractivity contribution < 1.29 is 23.5 Å². The Labute approximate surface area is 201 Å². The van der Waals surface area contributed by atoms with Crippen molar-refractivity contribution >= 4 is 51.3 Å². The highest BCUT2D eigenvalue weighted by Gasteiger charge is 2.17. The monoisotopic (exact) mass is 469 g/mol. The predicted molar refractivity (Wildman–Crippen MR) is 134 cm³/mol. The molecule has 0 radical (unpaired) electrons. The van der Waals surface area contributed by atoms with E-state index < -0.39 is 18.5 Å². The molecule has 0 saturated heterocycles. The van der Waals surface area contributed by atoms with E-state index in [1.54, 1.807) is 24.3 Å². The number of furan rings is 1. The smallest absolute Gasteiger partial charge is 0.349 e. The summed E-state index contributed by atoms with van der Waals surface area (Å²) in [5, 5.41) is 13.8. The lowest BCUT2D eigenvalue weighted by molar-refractivity contribution is -0.142. The summed E-state index contributed by atoms with van der Waals surface area (Å²) in [6.45, 7) is -0.571. The molecule has 0 atom stereocenters. The molecule has 0 aliphatic carbocycles. The Morgan fingerprint density at radius 2 is 1.80 bits per heavy atom. The second-order valence-corrected chi connectivity index (χ2v) is 7.93. The van der Waals surface area contributed by atoms with Crippen molar-refractivity contribution in [2.75, 3.05) is 38.0 Å². The van der Waals surface area contributed by atoms with Gasteiger partial charge < -0.3 is 24.1 Å². The van der Waals surface area contributed by atoms with Gasteiger partial charge >= 0.3 is 5.97 Å². The molecular formula is C27H23N3O5. The average Bonchev–Trinajstić information content (AvgIpc) is 3.22. The van der Waals surface area contributed by atoms with Gasteiger partial charge in [0.05, 0.1) is 12.8 Å². The lowest BCUT2D eigenvalue weighted by Gasteiger charge is -2.12. The SMILES string of the molecule is COc1cc2c(cc1NC(=O)COC(=O)/C(C#N)=C/c1ccc(N(C)C)cc1)oc1ccccc12. The summed E-state index contributed by atoms with van der Waals surface area (Å²) in [6, 6.07) is 20.2. The van der Waals surface area contributed by atoms with E-state index in [0.717, 1.165) is 16.5 Å². The van der Waals surface area contributed by atoms with E-state index in [2.05, 4.69) is 5.32 Å². The number of hydrogen-bond donors (Lipinski definition) is 1. The van der Waals surface area contributed by atoms with Crippen LogP contribution in [0.4, 0.5) is 11.4 Å². The Bertz CT molecular complexity index is 1480. The van der Waals surface area contributed by atoms with E-state index >= 15 is 0 Å². The molecule has 0 aliphatic rings. The number of carbonyl (C=O) groups is 2. The van der Waals surface area contributed by atoms with Crippen LogP contribution in [0.3, 0.4) is 0 Å². The summed E-state index contributed by atoms with van der Waals surface area (Å²) in [5.74, 6) is -1.04. The zero-order valence-corrected chi connectivity index (χ0v) is 19.5. The van der Waals surface area contributed by atoms with Crippen LogP contribution in [0.5, 0.6) is 5.75 Å². The normalized spacial score (nSPS) is 11.2. The number of hydrogen-bond acceptors (Lipinski definition) is 7. The highest BCUT2D eigenvalue weighted by Crippen LogP contribution is 2.36. The molecule has 0 unspecified atom stereocenters. The Morgan fingerprint density at radius 3 is 2.49 bits per heavy atom. The predicted octanol–water partition coefficient (Wildman–Crippen LogP) is 4.75. The third kappa shape index (κ3) is 5.09. The second kappa shape index (κ2) is 10.0. The Morgan fingerprint density at radius 1 is 1.06 bits per heavy atom. The van der Waals surface area contributed by atoms with E-state index in [0.29, 0.717) is 28.2 Å². The lowest BCUT2D eigenvalue weighted by atomic mass is 10.1. The molecule has 0 aliphatic heterocycles. The molecule has 8 heteroatoms. The van der Waals surface area contributed by atoms with Crippen molar-refractivity contribution in [1.82, 2.24) is 0 Å². The van der Waals surface area contributed by atoms with Gasteiger partial charge in [-0.15, -0.1) is 0 Å². The molecule has 1 heterocycles. The molecule has 4 aromatic rings. The van der Waals surface area contributed by atoms with Crippen molar-refractivity contribution in [1.29, 1.82) is 5.26 Å². The minimum atomic E-state index is -0.890. The number of nitrogens with one attached hydrogen (secondary N) is 1. The van der Waals surface area contributed by atoms with Crippen LogP contribution in [-0.2, 0) is 14.3 Å². The number of amides is 1. The number of carbonyl (C=O) groups excluding carboxylic acids is 2. The number of anilines is 2. The molecule has 1 N–H and O–H groups in total. The summed E-state index contributed by atoms with van der Waals surface area (Å²) in [7, 11) is 5.32. The van der Waals surface area contributed by atoms with Gasteiger partial charge in [0.25, 0.3) is 5.91 Å². The van der Waals surface area contributed by atoms with Crippen molar-refractivity contribution in [2.24, 2.45) is 0 Å². The van der Waals surface area contributed by atoms with Crippen LogP contribution in [0.2, 0.25) is 0 Å². The first-order valence-corrected chi connectivity index (χ1v) is 10.7. The number of para-hydroxylation sites is 1. The van der Waals surface area contributed by atoms with Gasteiger partial charge in [0, 0.05) is 36.6 Å². The fourth-order valence-electron chi connectivity index (χ4n) is 3.59. The van der Waals surface area contributed by atoms with Gasteiger partial charge in [-0.3, -0.25) is 4.79 Å². The molecule has 0 bridgehead atoms. The van der Waals surface area contributed by atoms with Gasteiger partial charge in [-0.2, -0.15) is 5.26 Å². The van der Waals surface area contributed by atoms with Gasteiger partial charge in [0.1, 0.15) is 28.6 Å². The zero-order chi connectivity index (χ0) is 24.9. The maximum atomic E-state index is 12.5. The fourth-order valence-corrected chi connectivity index (χ4v) is 3.59. The summed E-state index contributed by atoms with van der Waals surface area (Å²) < 4.78 is 16.3. The van der Waals surface area contributed by atoms with Crippen LogP contribution in [-0.4, -0.2) is 39.7 Å². The summed E-state index contributed by atoms with van der Waals surface area (Å²) in [4.78, 5) is 26.8. The molecule has 1 aromatic heterocycles. The highest BCUT2D eigenvalue weighted by atomic mass is 16.5. The Hall–Kier alpha value is -4.77. The van der Waals surface area contributed by atoms with Gasteiger partial charge in [-0.1, -0.05) is 30.3 Å². The van der Waals surface area contributed by atoms with E-state index in [1.165, 1.54) is 13.2 Å². The van der Waals surface area contributed by atoms with Gasteiger partial charge in [0.2, 0.25) is 0 Å². The molecule has 176 valence electrons. The van der Waals surface area contributed by atoms with Gasteiger partial charge in [0.15, 0.2) is 6.61 Å². The first kappa shape index (κ1) is 23.4. The molecule has 4 rings (SSSR count). The summed E-state index contributed by atoms with van der Waals surface area (Å²) in [6.07, 6.45) is 1.41. The van der Waals surface area contributed by atoms with E-state index in [9.17, 15) is 14.9 Å². The van der Waals surface area contributed by atoms with Crippen LogP contribution >= 0.6 is 0 Å². The van der Waals surface area contributed by atoms with Crippen molar-refractivity contribution in [3.63, 3.8) is 0 Å². The molecule has 8 nitrogen and oxygen atoms in total. The standard InChI is InChI=1S/C27H23N3O5/c1-30(2)19-10-8-17(9-11-19)12-18(15-28)27(32)34-16-26(31)29-22-14-24-21(13-25(22)33-3)20-6-4-5-7-23(20)35-24/h4-14H,16H2,1-3H3,(H,29,31)/b18-12+. The minimum absolute atomic E-state index is 0.211. The molecular weight excluding hydrogens is 446 g/mol. The first-order chi connectivity index (χ1) is 16.9. The van der Waals surface area contributed by atoms with Crippen LogP contribution in [0.15, 0.2) is 70.7 Å². The van der Waals surface area contributed by atoms with Gasteiger partial charge in [-0.25, -0.2) is 4.79 Å². The number of esters is 1. The number of rotatable bonds is 7. The van der Waals surface area contributed by atoms with Crippen LogP contribution < -0.4 is 15.0 Å². The number of benzene rings is 3. The summed E-state index contributed by atoms with van der Waals surface area (Å²) >= 11 is 0. The maximum Gasteiger partial charge on any atom is 0.349 e. The quantitative estimate of drug-likeness (QED) is 0.237. The largest absolute Gasteiger partial charge is 0.495 e. The van der Waals surface area contributed by atoms with Crippen LogP contribution in [0.25, 0.3) is 28.0 Å². The van der Waals surface area contributed by atoms with E-state index in [-0.39, 0.29) is 5.57 Å². The average molecular weight is 469 g/mol. The zero-order valence-electron chi connectivity index (χ0n) is 19.5. The number of methoxy groups -OCH3 is 1. The third-order valence-corrected chi connectivity index (χ3v) is 5.37. The number of nitriles is 1. The second-order valence-electron chi connectivity index (χ2n) is 7.93. The van der Waals surface area contributed by atoms with E-state index in [4.69, 9.17) is 13.9 Å². The number of fused-ring (bicyclic) bond motifs is 3. The van der Waals surface area contributed by atoms with E-state index in [1.807, 2.05) is 61.5 Å². The molecule has 0 fully saturated rings. The Balaban J connectivity index is 1.44. The lowest BCUT2D eigenvalue weighted by Crippen LogP contribution is -2.21.